The predicted molar refractivity (Wildman–Crippen MR) is 81.6 cm³/mol. The zero-order valence-electron chi connectivity index (χ0n) is 11.4. The Balaban J connectivity index is 2.22. The number of nitrogens with one attached hydrogen (secondary N) is 1. The zero-order chi connectivity index (χ0) is 14.0. The molecule has 0 aromatic heterocycles. The van der Waals surface area contributed by atoms with Crippen molar-refractivity contribution in [3.8, 4) is 0 Å². The van der Waals surface area contributed by atoms with Crippen LogP contribution in [0.15, 0.2) is 22.7 Å². The third-order valence-electron chi connectivity index (χ3n) is 4.04. The van der Waals surface area contributed by atoms with Crippen molar-refractivity contribution in [3.05, 3.63) is 28.2 Å². The van der Waals surface area contributed by atoms with Gasteiger partial charge in [0.05, 0.1) is 5.56 Å². The fraction of sp³-hybridized carbons (Fsp3) is 0.500. The van der Waals surface area contributed by atoms with E-state index < -0.39 is 0 Å². The maximum atomic E-state index is 11.6. The van der Waals surface area contributed by atoms with E-state index in [-0.39, 0.29) is 11.4 Å². The Morgan fingerprint density at radius 3 is 2.58 bits per heavy atom. The van der Waals surface area contributed by atoms with Gasteiger partial charge in [-0.05, 0) is 45.0 Å². The summed E-state index contributed by atoms with van der Waals surface area (Å²) in [5.41, 5.74) is 7.19. The highest BCUT2D eigenvalue weighted by Crippen LogP contribution is 2.29. The lowest BCUT2D eigenvalue weighted by Crippen LogP contribution is -2.50. The number of anilines is 1. The molecule has 1 heterocycles. The number of carbonyl (C=O) groups excluding carboxylic acids is 1. The van der Waals surface area contributed by atoms with Gasteiger partial charge < -0.3 is 16.0 Å². The molecule has 1 fully saturated rings. The number of halogens is 1. The molecule has 0 aliphatic carbocycles. The number of hydrogen-bond donors (Lipinski definition) is 2. The lowest BCUT2D eigenvalue weighted by Gasteiger charge is -2.40. The molecular formula is C14H20BrN3O. The van der Waals surface area contributed by atoms with Crippen LogP contribution in [-0.4, -0.2) is 31.6 Å². The third-order valence-corrected chi connectivity index (χ3v) is 4.53. The van der Waals surface area contributed by atoms with Gasteiger partial charge >= 0.3 is 0 Å². The molecule has 1 aromatic rings. The monoisotopic (exact) mass is 325 g/mol. The van der Waals surface area contributed by atoms with Crippen LogP contribution in [0.4, 0.5) is 5.69 Å². The molecule has 0 atom stereocenters. The molecule has 104 valence electrons. The number of primary amides is 1. The van der Waals surface area contributed by atoms with Gasteiger partial charge in [0.15, 0.2) is 0 Å². The minimum atomic E-state index is -0.377. The number of piperidine rings is 1. The van der Waals surface area contributed by atoms with E-state index in [0.29, 0.717) is 5.56 Å². The molecule has 1 aliphatic heterocycles. The van der Waals surface area contributed by atoms with Crippen LogP contribution in [0.25, 0.3) is 0 Å². The molecule has 5 heteroatoms. The molecule has 1 amide bonds. The van der Waals surface area contributed by atoms with Crippen molar-refractivity contribution >= 4 is 27.5 Å². The number of rotatable bonds is 3. The van der Waals surface area contributed by atoms with Crippen LogP contribution in [-0.2, 0) is 0 Å². The SMILES string of the molecule is CNC1(C)CCN(c2ccc(Br)cc2C(N)=O)CC1. The summed E-state index contributed by atoms with van der Waals surface area (Å²) in [6, 6.07) is 5.71. The van der Waals surface area contributed by atoms with Crippen LogP contribution in [0.5, 0.6) is 0 Å². The third kappa shape index (κ3) is 3.09. The van der Waals surface area contributed by atoms with Gasteiger partial charge in [-0.3, -0.25) is 4.79 Å². The number of amides is 1. The Morgan fingerprint density at radius 1 is 1.42 bits per heavy atom. The Morgan fingerprint density at radius 2 is 2.05 bits per heavy atom. The average Bonchev–Trinajstić information content (AvgIpc) is 2.40. The summed E-state index contributed by atoms with van der Waals surface area (Å²) in [4.78, 5) is 13.8. The Hall–Kier alpha value is -1.07. The van der Waals surface area contributed by atoms with E-state index >= 15 is 0 Å². The number of hydrogen-bond acceptors (Lipinski definition) is 3. The standard InChI is InChI=1S/C14H20BrN3O/c1-14(17-2)5-7-18(8-6-14)12-4-3-10(15)9-11(12)13(16)19/h3-4,9,17H,5-8H2,1-2H3,(H2,16,19). The molecule has 19 heavy (non-hydrogen) atoms. The van der Waals surface area contributed by atoms with E-state index in [1.165, 1.54) is 0 Å². The maximum absolute atomic E-state index is 11.6. The van der Waals surface area contributed by atoms with Gasteiger partial charge in [0.25, 0.3) is 5.91 Å². The second-order valence-electron chi connectivity index (χ2n) is 5.32. The molecule has 1 aromatic carbocycles. The normalized spacial score (nSPS) is 18.4. The maximum Gasteiger partial charge on any atom is 0.250 e. The van der Waals surface area contributed by atoms with Crippen LogP contribution in [0.2, 0.25) is 0 Å². The first kappa shape index (κ1) is 14.3. The summed E-state index contributed by atoms with van der Waals surface area (Å²) < 4.78 is 0.877. The molecule has 4 nitrogen and oxygen atoms in total. The fourth-order valence-electron chi connectivity index (χ4n) is 2.47. The van der Waals surface area contributed by atoms with Gasteiger partial charge in [0.2, 0.25) is 0 Å². The Kier molecular flexibility index (Phi) is 4.16. The number of nitrogens with two attached hydrogens (primary N) is 1. The summed E-state index contributed by atoms with van der Waals surface area (Å²) >= 11 is 3.38. The average molecular weight is 326 g/mol. The first-order chi connectivity index (χ1) is 8.95. The molecule has 1 saturated heterocycles. The number of benzene rings is 1. The fourth-order valence-corrected chi connectivity index (χ4v) is 2.83. The zero-order valence-corrected chi connectivity index (χ0v) is 13.0. The summed E-state index contributed by atoms with van der Waals surface area (Å²) in [7, 11) is 2.00. The predicted octanol–water partition coefficient (Wildman–Crippen LogP) is 2.13. The van der Waals surface area contributed by atoms with E-state index in [4.69, 9.17) is 5.73 Å². The highest BCUT2D eigenvalue weighted by atomic mass is 79.9. The summed E-state index contributed by atoms with van der Waals surface area (Å²) in [6.07, 6.45) is 2.11. The topological polar surface area (TPSA) is 58.4 Å². The van der Waals surface area contributed by atoms with Crippen LogP contribution in [0.1, 0.15) is 30.1 Å². The Bertz CT molecular complexity index is 482. The van der Waals surface area contributed by atoms with Gasteiger partial charge in [-0.25, -0.2) is 0 Å². The second kappa shape index (κ2) is 5.51. The van der Waals surface area contributed by atoms with Crippen molar-refractivity contribution in [1.82, 2.24) is 5.32 Å². The van der Waals surface area contributed by atoms with Gasteiger partial charge in [-0.1, -0.05) is 15.9 Å². The molecule has 3 N–H and O–H groups in total. The first-order valence-corrected chi connectivity index (χ1v) is 7.28. The van der Waals surface area contributed by atoms with E-state index in [1.54, 1.807) is 6.07 Å². The Labute approximate surface area is 122 Å². The van der Waals surface area contributed by atoms with Crippen molar-refractivity contribution in [2.45, 2.75) is 25.3 Å². The van der Waals surface area contributed by atoms with Crippen molar-refractivity contribution in [2.24, 2.45) is 5.73 Å². The number of nitrogens with zero attached hydrogens (tertiary/aromatic N) is 1. The van der Waals surface area contributed by atoms with Gasteiger partial charge in [-0.2, -0.15) is 0 Å². The molecule has 1 aliphatic rings. The van der Waals surface area contributed by atoms with Crippen molar-refractivity contribution in [1.29, 1.82) is 0 Å². The lowest BCUT2D eigenvalue weighted by atomic mass is 9.89. The van der Waals surface area contributed by atoms with E-state index in [0.717, 1.165) is 36.1 Å². The van der Waals surface area contributed by atoms with Crippen LogP contribution < -0.4 is 16.0 Å². The molecule has 0 saturated carbocycles. The van der Waals surface area contributed by atoms with Crippen LogP contribution in [0.3, 0.4) is 0 Å². The molecule has 0 bridgehead atoms. The van der Waals surface area contributed by atoms with E-state index in [2.05, 4.69) is 33.1 Å². The van der Waals surface area contributed by atoms with Crippen LogP contribution >= 0.6 is 15.9 Å². The molecule has 0 radical (unpaired) electrons. The number of carbonyl (C=O) groups is 1. The van der Waals surface area contributed by atoms with Crippen molar-refractivity contribution in [3.63, 3.8) is 0 Å². The molecular weight excluding hydrogens is 306 g/mol. The van der Waals surface area contributed by atoms with Crippen LogP contribution in [0, 0.1) is 0 Å². The smallest absolute Gasteiger partial charge is 0.250 e. The van der Waals surface area contributed by atoms with Crippen molar-refractivity contribution < 1.29 is 4.79 Å². The quantitative estimate of drug-likeness (QED) is 0.895. The van der Waals surface area contributed by atoms with Gasteiger partial charge in [0.1, 0.15) is 0 Å². The van der Waals surface area contributed by atoms with E-state index in [9.17, 15) is 4.79 Å². The highest BCUT2D eigenvalue weighted by molar-refractivity contribution is 9.10. The summed E-state index contributed by atoms with van der Waals surface area (Å²) in [5.74, 6) is -0.377. The lowest BCUT2D eigenvalue weighted by molar-refractivity contribution is 0.100. The summed E-state index contributed by atoms with van der Waals surface area (Å²) in [5, 5.41) is 3.37. The molecule has 0 spiro atoms. The minimum absolute atomic E-state index is 0.193. The van der Waals surface area contributed by atoms with E-state index in [1.807, 2.05) is 19.2 Å². The minimum Gasteiger partial charge on any atom is -0.371 e. The molecule has 2 rings (SSSR count). The summed E-state index contributed by atoms with van der Waals surface area (Å²) in [6.45, 7) is 4.10. The molecule has 0 unspecified atom stereocenters. The van der Waals surface area contributed by atoms with Gasteiger partial charge in [0, 0.05) is 28.8 Å². The van der Waals surface area contributed by atoms with Crippen molar-refractivity contribution in [2.75, 3.05) is 25.0 Å². The first-order valence-electron chi connectivity index (χ1n) is 6.48. The largest absolute Gasteiger partial charge is 0.371 e. The highest BCUT2D eigenvalue weighted by Gasteiger charge is 2.29. The van der Waals surface area contributed by atoms with Gasteiger partial charge in [-0.15, -0.1) is 0 Å². The second-order valence-corrected chi connectivity index (χ2v) is 6.24.